The molecule has 0 radical (unpaired) electrons. The first kappa shape index (κ1) is 15.3. The number of nitrogens with two attached hydrogens (primary N) is 1. The zero-order valence-electron chi connectivity index (χ0n) is 7.55. The number of aliphatic hydroxyl groups is 2. The molecule has 7 heteroatoms. The summed E-state index contributed by atoms with van der Waals surface area (Å²) in [6.45, 7) is 1.40. The van der Waals surface area contributed by atoms with Crippen molar-refractivity contribution in [1.29, 1.82) is 0 Å². The Hall–Kier alpha value is -0.210. The maximum Gasteiger partial charge on any atom is 0.264 e. The third-order valence-electron chi connectivity index (χ3n) is 0.931. The maximum absolute atomic E-state index is 9.79. The molecule has 0 heterocycles. The number of aliphatic hydroxyl groups excluding tert-OH is 2. The molecule has 0 saturated heterocycles. The Labute approximate surface area is 78.1 Å². The summed E-state index contributed by atoms with van der Waals surface area (Å²) in [5.41, 5.74) is 4.97. The Morgan fingerprint density at radius 3 is 1.69 bits per heavy atom. The SMILES string of the molecule is CCCS(=O)(=O)O.NC(CO)CO. The molecule has 0 aliphatic heterocycles. The van der Waals surface area contributed by atoms with Crippen LogP contribution < -0.4 is 5.73 Å². The summed E-state index contributed by atoms with van der Waals surface area (Å²) in [6.07, 6.45) is 0.471. The Bertz CT molecular complexity index is 187. The lowest BCUT2D eigenvalue weighted by Crippen LogP contribution is -2.27. The number of hydrogen-bond donors (Lipinski definition) is 4. The van der Waals surface area contributed by atoms with E-state index in [0.717, 1.165) is 0 Å². The topological polar surface area (TPSA) is 121 Å². The van der Waals surface area contributed by atoms with Gasteiger partial charge in [-0.25, -0.2) is 0 Å². The molecule has 0 atom stereocenters. The van der Waals surface area contributed by atoms with Crippen LogP contribution in [0.25, 0.3) is 0 Å². The molecule has 6 nitrogen and oxygen atoms in total. The summed E-state index contributed by atoms with van der Waals surface area (Å²) in [7, 11) is -3.67. The number of hydrogen-bond acceptors (Lipinski definition) is 5. The maximum atomic E-state index is 9.79. The molecule has 0 aromatic carbocycles. The van der Waals surface area contributed by atoms with Crippen LogP contribution in [0.3, 0.4) is 0 Å². The second-order valence-corrected chi connectivity index (χ2v) is 3.98. The van der Waals surface area contributed by atoms with Crippen molar-refractivity contribution in [2.75, 3.05) is 19.0 Å². The molecule has 0 saturated carbocycles. The van der Waals surface area contributed by atoms with E-state index < -0.39 is 16.2 Å². The molecule has 13 heavy (non-hydrogen) atoms. The Kier molecular flexibility index (Phi) is 9.86. The van der Waals surface area contributed by atoms with Gasteiger partial charge in [-0.2, -0.15) is 8.42 Å². The summed E-state index contributed by atoms with van der Waals surface area (Å²) in [5.74, 6) is -0.132. The van der Waals surface area contributed by atoms with E-state index in [9.17, 15) is 8.42 Å². The highest BCUT2D eigenvalue weighted by molar-refractivity contribution is 7.85. The van der Waals surface area contributed by atoms with Gasteiger partial charge in [0.2, 0.25) is 0 Å². The van der Waals surface area contributed by atoms with Crippen LogP contribution in [0.5, 0.6) is 0 Å². The van der Waals surface area contributed by atoms with Gasteiger partial charge in [-0.05, 0) is 6.42 Å². The van der Waals surface area contributed by atoms with E-state index in [2.05, 4.69) is 0 Å². The van der Waals surface area contributed by atoms with Crippen molar-refractivity contribution in [1.82, 2.24) is 0 Å². The molecule has 0 aliphatic rings. The molecule has 0 fully saturated rings. The highest BCUT2D eigenvalue weighted by atomic mass is 32.2. The van der Waals surface area contributed by atoms with Crippen molar-refractivity contribution in [2.24, 2.45) is 5.73 Å². The fraction of sp³-hybridized carbons (Fsp3) is 1.00. The van der Waals surface area contributed by atoms with E-state index in [1.54, 1.807) is 6.92 Å². The Morgan fingerprint density at radius 1 is 1.31 bits per heavy atom. The zero-order chi connectivity index (χ0) is 10.9. The normalized spacial score (nSPS) is 10.9. The van der Waals surface area contributed by atoms with Crippen LogP contribution >= 0.6 is 0 Å². The standard InChI is InChI=1S/C3H9NO2.C3H8O3S/c4-3(1-5)2-6;1-2-3-7(4,5)6/h3,5-6H,1-2,4H2;2-3H2,1H3,(H,4,5,6). The van der Waals surface area contributed by atoms with Gasteiger partial charge in [0.15, 0.2) is 0 Å². The lowest BCUT2D eigenvalue weighted by atomic mass is 10.4. The molecule has 0 aliphatic carbocycles. The predicted molar refractivity (Wildman–Crippen MR) is 48.9 cm³/mol. The van der Waals surface area contributed by atoms with Crippen molar-refractivity contribution in [3.63, 3.8) is 0 Å². The van der Waals surface area contributed by atoms with Crippen LogP contribution in [0.15, 0.2) is 0 Å². The Morgan fingerprint density at radius 2 is 1.69 bits per heavy atom. The third kappa shape index (κ3) is 18.6. The van der Waals surface area contributed by atoms with Gasteiger partial charge in [-0.3, -0.25) is 4.55 Å². The van der Waals surface area contributed by atoms with Crippen molar-refractivity contribution < 1.29 is 23.2 Å². The van der Waals surface area contributed by atoms with Crippen LogP contribution in [0.4, 0.5) is 0 Å². The minimum atomic E-state index is -3.67. The van der Waals surface area contributed by atoms with Crippen LogP contribution in [-0.2, 0) is 10.1 Å². The molecule has 0 unspecified atom stereocenters. The van der Waals surface area contributed by atoms with Crippen molar-refractivity contribution in [3.05, 3.63) is 0 Å². The van der Waals surface area contributed by atoms with Gasteiger partial charge in [-0.15, -0.1) is 0 Å². The minimum absolute atomic E-state index is 0.132. The molecule has 0 bridgehead atoms. The van der Waals surface area contributed by atoms with Crippen LogP contribution in [0, 0.1) is 0 Å². The zero-order valence-corrected chi connectivity index (χ0v) is 8.37. The smallest absolute Gasteiger partial charge is 0.264 e. The molecule has 82 valence electrons. The van der Waals surface area contributed by atoms with E-state index in [-0.39, 0.29) is 19.0 Å². The molecular formula is C6H17NO5S. The van der Waals surface area contributed by atoms with Gasteiger partial charge in [0.05, 0.1) is 25.0 Å². The summed E-state index contributed by atoms with van der Waals surface area (Å²) in [4.78, 5) is 0. The van der Waals surface area contributed by atoms with E-state index in [0.29, 0.717) is 6.42 Å². The molecule has 0 aromatic rings. The number of rotatable bonds is 4. The van der Waals surface area contributed by atoms with Gasteiger partial charge in [0.25, 0.3) is 10.1 Å². The quantitative estimate of drug-likeness (QED) is 0.427. The lowest BCUT2D eigenvalue weighted by molar-refractivity contribution is 0.194. The van der Waals surface area contributed by atoms with E-state index in [1.807, 2.05) is 0 Å². The van der Waals surface area contributed by atoms with E-state index >= 15 is 0 Å². The van der Waals surface area contributed by atoms with Gasteiger partial charge < -0.3 is 15.9 Å². The van der Waals surface area contributed by atoms with Crippen molar-refractivity contribution in [2.45, 2.75) is 19.4 Å². The second kappa shape index (κ2) is 8.39. The van der Waals surface area contributed by atoms with Gasteiger partial charge in [0, 0.05) is 0 Å². The predicted octanol–water partition coefficient (Wildman–Crippen LogP) is -1.42. The van der Waals surface area contributed by atoms with Crippen LogP contribution in [0.2, 0.25) is 0 Å². The second-order valence-electron chi connectivity index (χ2n) is 2.41. The van der Waals surface area contributed by atoms with Crippen molar-refractivity contribution in [3.8, 4) is 0 Å². The molecule has 0 rings (SSSR count). The fourth-order valence-corrected chi connectivity index (χ4v) is 0.832. The first-order chi connectivity index (χ1) is 5.87. The van der Waals surface area contributed by atoms with Crippen LogP contribution in [0.1, 0.15) is 13.3 Å². The Balaban J connectivity index is 0. The van der Waals surface area contributed by atoms with E-state index in [1.165, 1.54) is 0 Å². The molecule has 0 spiro atoms. The molecular weight excluding hydrogens is 198 g/mol. The average Bonchev–Trinajstić information content (AvgIpc) is 2.02. The van der Waals surface area contributed by atoms with Gasteiger partial charge in [-0.1, -0.05) is 6.92 Å². The van der Waals surface area contributed by atoms with Gasteiger partial charge in [0.1, 0.15) is 0 Å². The lowest BCUT2D eigenvalue weighted by Gasteiger charge is -1.98. The van der Waals surface area contributed by atoms with E-state index in [4.69, 9.17) is 20.5 Å². The molecule has 0 aromatic heterocycles. The molecule has 0 amide bonds. The third-order valence-corrected chi connectivity index (χ3v) is 1.86. The fourth-order valence-electron chi connectivity index (χ4n) is 0.316. The van der Waals surface area contributed by atoms with Gasteiger partial charge >= 0.3 is 0 Å². The average molecular weight is 215 g/mol. The minimum Gasteiger partial charge on any atom is -0.395 e. The highest BCUT2D eigenvalue weighted by Crippen LogP contribution is 1.83. The highest BCUT2D eigenvalue weighted by Gasteiger charge is 1.98. The first-order valence-corrected chi connectivity index (χ1v) is 5.40. The van der Waals surface area contributed by atoms with Crippen LogP contribution in [-0.4, -0.2) is 48.2 Å². The van der Waals surface area contributed by atoms with Crippen molar-refractivity contribution >= 4 is 10.1 Å². The summed E-state index contributed by atoms with van der Waals surface area (Å²) in [5, 5.41) is 16.1. The largest absolute Gasteiger partial charge is 0.395 e. The first-order valence-electron chi connectivity index (χ1n) is 3.79. The summed E-state index contributed by atoms with van der Waals surface area (Å²) >= 11 is 0. The molecule has 5 N–H and O–H groups in total. The summed E-state index contributed by atoms with van der Waals surface area (Å²) < 4.78 is 27.6. The monoisotopic (exact) mass is 215 g/mol. The summed E-state index contributed by atoms with van der Waals surface area (Å²) in [6, 6.07) is -0.454.